The van der Waals surface area contributed by atoms with Crippen LogP contribution in [0.1, 0.15) is 63.0 Å². The van der Waals surface area contributed by atoms with Crippen LogP contribution >= 0.6 is 0 Å². The Kier molecular flexibility index (Phi) is 5.01. The normalized spacial score (nSPS) is 28.1. The fourth-order valence-corrected chi connectivity index (χ4v) is 4.78. The maximum Gasteiger partial charge on any atom is 0.0348 e. The van der Waals surface area contributed by atoms with E-state index in [0.29, 0.717) is 6.04 Å². The molecule has 0 aromatic heterocycles. The molecule has 2 aliphatic carbocycles. The van der Waals surface area contributed by atoms with Gasteiger partial charge >= 0.3 is 0 Å². The highest BCUT2D eigenvalue weighted by atomic mass is 15.2. The lowest BCUT2D eigenvalue weighted by Gasteiger charge is -2.32. The Morgan fingerprint density at radius 2 is 1.74 bits per heavy atom. The molecule has 0 bridgehead atoms. The van der Waals surface area contributed by atoms with Crippen LogP contribution in [0, 0.1) is 11.8 Å². The zero-order valence-electron chi connectivity index (χ0n) is 14.4. The molecule has 1 aromatic rings. The monoisotopic (exact) mass is 312 g/mol. The van der Waals surface area contributed by atoms with E-state index < -0.39 is 0 Å². The summed E-state index contributed by atoms with van der Waals surface area (Å²) in [5, 5.41) is 4.00. The fraction of sp³-hybridized carbons (Fsp3) is 0.714. The van der Waals surface area contributed by atoms with Crippen molar-refractivity contribution in [2.75, 3.05) is 19.6 Å². The van der Waals surface area contributed by atoms with Gasteiger partial charge in [0.25, 0.3) is 0 Å². The highest BCUT2D eigenvalue weighted by Crippen LogP contribution is 2.35. The van der Waals surface area contributed by atoms with Crippen LogP contribution in [-0.4, -0.2) is 30.6 Å². The van der Waals surface area contributed by atoms with Crippen molar-refractivity contribution < 1.29 is 0 Å². The molecule has 1 saturated heterocycles. The van der Waals surface area contributed by atoms with Crippen molar-refractivity contribution in [1.29, 1.82) is 0 Å². The maximum atomic E-state index is 4.00. The van der Waals surface area contributed by atoms with Crippen molar-refractivity contribution >= 4 is 0 Å². The molecule has 1 aliphatic heterocycles. The number of benzene rings is 1. The Labute approximate surface area is 141 Å². The van der Waals surface area contributed by atoms with E-state index in [0.717, 1.165) is 17.9 Å². The maximum absolute atomic E-state index is 4.00. The minimum Gasteiger partial charge on any atom is -0.309 e. The summed E-state index contributed by atoms with van der Waals surface area (Å²) in [4.78, 5) is 2.74. The first-order chi connectivity index (χ1) is 11.4. The van der Waals surface area contributed by atoms with Gasteiger partial charge in [0.2, 0.25) is 0 Å². The van der Waals surface area contributed by atoms with Crippen molar-refractivity contribution in [1.82, 2.24) is 10.2 Å². The van der Waals surface area contributed by atoms with Crippen LogP contribution in [0.3, 0.4) is 0 Å². The van der Waals surface area contributed by atoms with Crippen LogP contribution < -0.4 is 5.32 Å². The van der Waals surface area contributed by atoms with E-state index in [1.165, 1.54) is 76.6 Å². The first kappa shape index (κ1) is 15.7. The molecule has 3 fully saturated rings. The lowest BCUT2D eigenvalue weighted by atomic mass is 9.81. The Hall–Kier alpha value is -0.860. The van der Waals surface area contributed by atoms with Crippen LogP contribution in [0.15, 0.2) is 30.3 Å². The summed E-state index contributed by atoms with van der Waals surface area (Å²) in [5.74, 6) is 1.71. The summed E-state index contributed by atoms with van der Waals surface area (Å²) < 4.78 is 0. The van der Waals surface area contributed by atoms with E-state index in [9.17, 15) is 0 Å². The van der Waals surface area contributed by atoms with Gasteiger partial charge in [0.15, 0.2) is 0 Å². The van der Waals surface area contributed by atoms with E-state index in [4.69, 9.17) is 0 Å². The molecule has 3 aliphatic rings. The standard InChI is InChI=1S/C21H32N2/c1-3-7-18(8-4-1)21(19-9-5-2-6-10-19)22-15-17-13-14-23(16-17)20-11-12-20/h1,3-4,7-8,17,19-22H,2,5-6,9-16H2. The van der Waals surface area contributed by atoms with E-state index in [2.05, 4.69) is 40.5 Å². The number of hydrogen-bond acceptors (Lipinski definition) is 2. The number of hydrogen-bond donors (Lipinski definition) is 1. The summed E-state index contributed by atoms with van der Waals surface area (Å²) in [6.07, 6.45) is 11.4. The first-order valence-corrected chi connectivity index (χ1v) is 9.92. The molecular weight excluding hydrogens is 280 g/mol. The number of nitrogens with zero attached hydrogens (tertiary/aromatic N) is 1. The minimum absolute atomic E-state index is 0.575. The van der Waals surface area contributed by atoms with Gasteiger partial charge in [-0.05, 0) is 62.6 Å². The topological polar surface area (TPSA) is 15.3 Å². The fourth-order valence-electron chi connectivity index (χ4n) is 4.78. The smallest absolute Gasteiger partial charge is 0.0348 e. The van der Waals surface area contributed by atoms with Crippen molar-refractivity contribution in [3.63, 3.8) is 0 Å². The molecule has 1 heterocycles. The van der Waals surface area contributed by atoms with Crippen molar-refractivity contribution in [2.45, 2.75) is 63.5 Å². The first-order valence-electron chi connectivity index (χ1n) is 9.92. The molecule has 1 aromatic carbocycles. The number of likely N-dealkylation sites (tertiary alicyclic amines) is 1. The van der Waals surface area contributed by atoms with Crippen molar-refractivity contribution in [3.05, 3.63) is 35.9 Å². The van der Waals surface area contributed by atoms with Gasteiger partial charge in [-0.25, -0.2) is 0 Å². The molecule has 2 saturated carbocycles. The summed E-state index contributed by atoms with van der Waals surface area (Å²) in [6.45, 7) is 3.89. The molecule has 126 valence electrons. The van der Waals surface area contributed by atoms with Crippen molar-refractivity contribution in [2.24, 2.45) is 11.8 Å². The number of rotatable bonds is 6. The van der Waals surface area contributed by atoms with E-state index in [-0.39, 0.29) is 0 Å². The second kappa shape index (κ2) is 7.36. The zero-order valence-corrected chi connectivity index (χ0v) is 14.4. The Morgan fingerprint density at radius 1 is 0.957 bits per heavy atom. The molecule has 0 amide bonds. The Balaban J connectivity index is 1.37. The summed E-state index contributed by atoms with van der Waals surface area (Å²) in [7, 11) is 0. The van der Waals surface area contributed by atoms with Gasteiger partial charge in [-0.15, -0.1) is 0 Å². The SMILES string of the molecule is c1ccc(C(NCC2CCN(C3CC3)C2)C2CCCCC2)cc1. The Morgan fingerprint density at radius 3 is 2.48 bits per heavy atom. The second-order valence-electron chi connectivity index (χ2n) is 8.08. The average Bonchev–Trinajstić information content (AvgIpc) is 3.36. The predicted molar refractivity (Wildman–Crippen MR) is 96.5 cm³/mol. The van der Waals surface area contributed by atoms with Gasteiger partial charge in [0, 0.05) is 18.6 Å². The van der Waals surface area contributed by atoms with Crippen LogP contribution in [0.25, 0.3) is 0 Å². The molecule has 1 N–H and O–H groups in total. The van der Waals surface area contributed by atoms with Gasteiger partial charge in [-0.1, -0.05) is 49.6 Å². The van der Waals surface area contributed by atoms with Crippen LogP contribution in [-0.2, 0) is 0 Å². The highest BCUT2D eigenvalue weighted by Gasteiger charge is 2.34. The predicted octanol–water partition coefficient (Wildman–Crippen LogP) is 4.38. The van der Waals surface area contributed by atoms with Crippen LogP contribution in [0.2, 0.25) is 0 Å². The third-order valence-corrected chi connectivity index (χ3v) is 6.29. The van der Waals surface area contributed by atoms with Crippen LogP contribution in [0.5, 0.6) is 0 Å². The largest absolute Gasteiger partial charge is 0.309 e. The third-order valence-electron chi connectivity index (χ3n) is 6.29. The molecule has 4 rings (SSSR count). The quantitative estimate of drug-likeness (QED) is 0.838. The molecular formula is C21H32N2. The van der Waals surface area contributed by atoms with E-state index in [1.54, 1.807) is 0 Å². The average molecular weight is 313 g/mol. The number of nitrogens with one attached hydrogen (secondary N) is 1. The molecule has 2 unspecified atom stereocenters. The van der Waals surface area contributed by atoms with E-state index in [1.807, 2.05) is 0 Å². The third kappa shape index (κ3) is 3.97. The van der Waals surface area contributed by atoms with Crippen LogP contribution in [0.4, 0.5) is 0 Å². The lowest BCUT2D eigenvalue weighted by molar-refractivity contribution is 0.257. The van der Waals surface area contributed by atoms with E-state index >= 15 is 0 Å². The van der Waals surface area contributed by atoms with Gasteiger partial charge in [-0.2, -0.15) is 0 Å². The van der Waals surface area contributed by atoms with Gasteiger partial charge in [0.1, 0.15) is 0 Å². The highest BCUT2D eigenvalue weighted by molar-refractivity contribution is 5.20. The summed E-state index contributed by atoms with van der Waals surface area (Å²) >= 11 is 0. The van der Waals surface area contributed by atoms with Gasteiger partial charge in [-0.3, -0.25) is 0 Å². The molecule has 23 heavy (non-hydrogen) atoms. The molecule has 2 heteroatoms. The molecule has 2 atom stereocenters. The minimum atomic E-state index is 0.575. The molecule has 0 radical (unpaired) electrons. The summed E-state index contributed by atoms with van der Waals surface area (Å²) in [5.41, 5.74) is 1.51. The molecule has 0 spiro atoms. The zero-order chi connectivity index (χ0) is 15.5. The summed E-state index contributed by atoms with van der Waals surface area (Å²) in [6, 6.07) is 12.7. The molecule has 2 nitrogen and oxygen atoms in total. The van der Waals surface area contributed by atoms with Crippen molar-refractivity contribution in [3.8, 4) is 0 Å². The Bertz CT molecular complexity index is 476. The lowest BCUT2D eigenvalue weighted by Crippen LogP contribution is -2.34. The van der Waals surface area contributed by atoms with Gasteiger partial charge in [0.05, 0.1) is 0 Å². The van der Waals surface area contributed by atoms with Gasteiger partial charge < -0.3 is 10.2 Å². The second-order valence-corrected chi connectivity index (χ2v) is 8.08.